The number of carbonyl (C=O) groups is 1. The standard InChI is InChI=1S/C9H10ClNOS/c1-13-8-5-3-2-4-7(8)11-9(12)6-10/h2-5H,6H2,1H3,(H,11,12). The first-order valence-corrected chi connectivity index (χ1v) is 5.52. The van der Waals surface area contributed by atoms with Gasteiger partial charge >= 0.3 is 0 Å². The predicted molar refractivity (Wildman–Crippen MR) is 57.6 cm³/mol. The normalized spacial score (nSPS) is 9.69. The maximum atomic E-state index is 11.0. The summed E-state index contributed by atoms with van der Waals surface area (Å²) in [6.45, 7) is 0. The lowest BCUT2D eigenvalue weighted by Gasteiger charge is -2.06. The van der Waals surface area contributed by atoms with Crippen LogP contribution in [0, 0.1) is 0 Å². The van der Waals surface area contributed by atoms with E-state index in [4.69, 9.17) is 11.6 Å². The zero-order valence-electron chi connectivity index (χ0n) is 7.21. The Morgan fingerprint density at radius 1 is 1.54 bits per heavy atom. The number of halogens is 1. The van der Waals surface area contributed by atoms with Gasteiger partial charge in [-0.25, -0.2) is 0 Å². The lowest BCUT2D eigenvalue weighted by molar-refractivity contribution is -0.113. The van der Waals surface area contributed by atoms with Crippen molar-refractivity contribution in [2.24, 2.45) is 0 Å². The van der Waals surface area contributed by atoms with E-state index in [-0.39, 0.29) is 11.8 Å². The summed E-state index contributed by atoms with van der Waals surface area (Å²) in [5.74, 6) is -0.189. The molecule has 0 radical (unpaired) electrons. The number of hydrogen-bond donors (Lipinski definition) is 1. The minimum Gasteiger partial charge on any atom is -0.324 e. The molecule has 4 heteroatoms. The number of amides is 1. The zero-order valence-corrected chi connectivity index (χ0v) is 8.78. The molecule has 0 atom stereocenters. The van der Waals surface area contributed by atoms with E-state index < -0.39 is 0 Å². The average Bonchev–Trinajstić information content (AvgIpc) is 2.18. The fraction of sp³-hybridized carbons (Fsp3) is 0.222. The largest absolute Gasteiger partial charge is 0.324 e. The molecule has 1 N–H and O–H groups in total. The Hall–Kier alpha value is -0.670. The molecule has 0 saturated heterocycles. The van der Waals surface area contributed by atoms with Gasteiger partial charge in [0.2, 0.25) is 5.91 Å². The van der Waals surface area contributed by atoms with E-state index in [1.807, 2.05) is 30.5 Å². The molecule has 1 rings (SSSR count). The Balaban J connectivity index is 2.81. The summed E-state index contributed by atoms with van der Waals surface area (Å²) in [6.07, 6.45) is 1.96. The van der Waals surface area contributed by atoms with E-state index in [2.05, 4.69) is 5.32 Å². The minimum absolute atomic E-state index is 0.0112. The molecular formula is C9H10ClNOS. The molecule has 2 nitrogen and oxygen atoms in total. The smallest absolute Gasteiger partial charge is 0.239 e. The molecule has 1 aromatic carbocycles. The fourth-order valence-corrected chi connectivity index (χ4v) is 1.55. The number of benzene rings is 1. The lowest BCUT2D eigenvalue weighted by Crippen LogP contribution is -2.12. The van der Waals surface area contributed by atoms with Crippen molar-refractivity contribution in [3.8, 4) is 0 Å². The van der Waals surface area contributed by atoms with E-state index in [0.29, 0.717) is 0 Å². The van der Waals surface area contributed by atoms with Crippen LogP contribution >= 0.6 is 23.4 Å². The van der Waals surface area contributed by atoms with Crippen LogP contribution in [0.1, 0.15) is 0 Å². The predicted octanol–water partition coefficient (Wildman–Crippen LogP) is 2.59. The van der Waals surface area contributed by atoms with Gasteiger partial charge in [-0.05, 0) is 18.4 Å². The highest BCUT2D eigenvalue weighted by Crippen LogP contribution is 2.24. The molecule has 0 fully saturated rings. The highest BCUT2D eigenvalue weighted by Gasteiger charge is 2.03. The molecule has 0 aliphatic heterocycles. The van der Waals surface area contributed by atoms with E-state index in [1.165, 1.54) is 0 Å². The number of hydrogen-bond acceptors (Lipinski definition) is 2. The van der Waals surface area contributed by atoms with Gasteiger partial charge in [-0.1, -0.05) is 12.1 Å². The number of alkyl halides is 1. The molecule has 0 unspecified atom stereocenters. The highest BCUT2D eigenvalue weighted by molar-refractivity contribution is 7.98. The van der Waals surface area contributed by atoms with E-state index >= 15 is 0 Å². The van der Waals surface area contributed by atoms with Crippen LogP contribution in [0.4, 0.5) is 5.69 Å². The first-order valence-electron chi connectivity index (χ1n) is 3.76. The fourth-order valence-electron chi connectivity index (χ4n) is 0.932. The number of anilines is 1. The summed E-state index contributed by atoms with van der Waals surface area (Å²) in [6, 6.07) is 7.62. The van der Waals surface area contributed by atoms with Crippen LogP contribution in [-0.2, 0) is 4.79 Å². The van der Waals surface area contributed by atoms with Gasteiger partial charge in [-0.2, -0.15) is 0 Å². The van der Waals surface area contributed by atoms with Crippen molar-refractivity contribution in [2.75, 3.05) is 17.5 Å². The molecule has 0 aliphatic carbocycles. The van der Waals surface area contributed by atoms with Gasteiger partial charge < -0.3 is 5.32 Å². The van der Waals surface area contributed by atoms with Gasteiger partial charge in [-0.3, -0.25) is 4.79 Å². The minimum atomic E-state index is -0.178. The summed E-state index contributed by atoms with van der Waals surface area (Å²) >= 11 is 6.97. The molecule has 0 spiro atoms. The van der Waals surface area contributed by atoms with Gasteiger partial charge in [0.15, 0.2) is 0 Å². The monoisotopic (exact) mass is 215 g/mol. The number of thioether (sulfide) groups is 1. The van der Waals surface area contributed by atoms with Crippen LogP contribution < -0.4 is 5.32 Å². The molecule has 0 bridgehead atoms. The quantitative estimate of drug-likeness (QED) is 0.620. The second kappa shape index (κ2) is 5.14. The number of carbonyl (C=O) groups excluding carboxylic acids is 1. The molecule has 0 saturated carbocycles. The first-order chi connectivity index (χ1) is 6.27. The van der Waals surface area contributed by atoms with Gasteiger partial charge in [0.05, 0.1) is 5.69 Å². The van der Waals surface area contributed by atoms with Crippen LogP contribution in [-0.4, -0.2) is 18.0 Å². The summed E-state index contributed by atoms with van der Waals surface area (Å²) in [5.41, 5.74) is 0.820. The average molecular weight is 216 g/mol. The Labute approximate surface area is 86.7 Å². The summed E-state index contributed by atoms with van der Waals surface area (Å²) in [4.78, 5) is 12.0. The third-order valence-corrected chi connectivity index (χ3v) is 2.54. The molecule has 13 heavy (non-hydrogen) atoms. The summed E-state index contributed by atoms with van der Waals surface area (Å²) < 4.78 is 0. The van der Waals surface area contributed by atoms with Crippen LogP contribution in [0.15, 0.2) is 29.2 Å². The maximum Gasteiger partial charge on any atom is 0.239 e. The molecule has 1 amide bonds. The Morgan fingerprint density at radius 3 is 2.85 bits per heavy atom. The molecule has 0 heterocycles. The van der Waals surface area contributed by atoms with E-state index in [1.54, 1.807) is 11.8 Å². The van der Waals surface area contributed by atoms with Crippen LogP contribution in [0.5, 0.6) is 0 Å². The van der Waals surface area contributed by atoms with Crippen molar-refractivity contribution < 1.29 is 4.79 Å². The van der Waals surface area contributed by atoms with Crippen LogP contribution in [0.25, 0.3) is 0 Å². The van der Waals surface area contributed by atoms with Crippen molar-refractivity contribution in [3.05, 3.63) is 24.3 Å². The second-order valence-corrected chi connectivity index (χ2v) is 3.50. The third kappa shape index (κ3) is 2.94. The summed E-state index contributed by atoms with van der Waals surface area (Å²) in [5, 5.41) is 2.72. The molecule has 1 aromatic rings. The Bertz CT molecular complexity index is 303. The number of para-hydroxylation sites is 1. The van der Waals surface area contributed by atoms with E-state index in [9.17, 15) is 4.79 Å². The van der Waals surface area contributed by atoms with Crippen molar-refractivity contribution in [1.82, 2.24) is 0 Å². The zero-order chi connectivity index (χ0) is 9.68. The van der Waals surface area contributed by atoms with Gasteiger partial charge in [0.25, 0.3) is 0 Å². The van der Waals surface area contributed by atoms with Gasteiger partial charge in [0, 0.05) is 4.90 Å². The van der Waals surface area contributed by atoms with Crippen molar-refractivity contribution in [3.63, 3.8) is 0 Å². The van der Waals surface area contributed by atoms with Gasteiger partial charge in [0.1, 0.15) is 5.88 Å². The Kier molecular flexibility index (Phi) is 4.12. The van der Waals surface area contributed by atoms with E-state index in [0.717, 1.165) is 10.6 Å². The molecular weight excluding hydrogens is 206 g/mol. The maximum absolute atomic E-state index is 11.0. The second-order valence-electron chi connectivity index (χ2n) is 2.38. The third-order valence-electron chi connectivity index (χ3n) is 1.50. The Morgan fingerprint density at radius 2 is 2.23 bits per heavy atom. The van der Waals surface area contributed by atoms with Gasteiger partial charge in [-0.15, -0.1) is 23.4 Å². The highest BCUT2D eigenvalue weighted by atomic mass is 35.5. The van der Waals surface area contributed by atoms with Crippen molar-refractivity contribution >= 4 is 35.0 Å². The lowest BCUT2D eigenvalue weighted by atomic mass is 10.3. The molecule has 0 aliphatic rings. The summed E-state index contributed by atoms with van der Waals surface area (Å²) in [7, 11) is 0. The molecule has 0 aromatic heterocycles. The van der Waals surface area contributed by atoms with Crippen molar-refractivity contribution in [2.45, 2.75) is 4.90 Å². The van der Waals surface area contributed by atoms with Crippen molar-refractivity contribution in [1.29, 1.82) is 0 Å². The number of nitrogens with one attached hydrogen (secondary N) is 1. The molecule has 70 valence electrons. The topological polar surface area (TPSA) is 29.1 Å². The first kappa shape index (κ1) is 10.4. The SMILES string of the molecule is CSc1ccccc1NC(=O)CCl. The van der Waals surface area contributed by atoms with Crippen LogP contribution in [0.2, 0.25) is 0 Å². The van der Waals surface area contributed by atoms with Crippen LogP contribution in [0.3, 0.4) is 0 Å². The number of rotatable bonds is 3.